The Morgan fingerprint density at radius 1 is 1.28 bits per heavy atom. The summed E-state index contributed by atoms with van der Waals surface area (Å²) in [4.78, 5) is 6.79. The van der Waals surface area contributed by atoms with Crippen LogP contribution < -0.4 is 9.47 Å². The standard InChI is InChI=1S/C11H9N5O2/c12-15-14-8-5-10-11(18-4-3-17-10)6-9(8)16-2-1-13-7-16/h1-2,5-7H,3-4H2. The molecule has 0 saturated carbocycles. The minimum atomic E-state index is 0.472. The highest BCUT2D eigenvalue weighted by molar-refractivity contribution is 5.65. The first-order chi connectivity index (χ1) is 8.88. The average Bonchev–Trinajstić information content (AvgIpc) is 2.92. The molecule has 7 nitrogen and oxygen atoms in total. The normalized spacial score (nSPS) is 12.9. The number of benzene rings is 1. The molecule has 0 amide bonds. The summed E-state index contributed by atoms with van der Waals surface area (Å²) < 4.78 is 12.7. The van der Waals surface area contributed by atoms with E-state index in [0.29, 0.717) is 36.1 Å². The van der Waals surface area contributed by atoms with Crippen LogP contribution in [0.15, 0.2) is 36.0 Å². The van der Waals surface area contributed by atoms with Crippen LogP contribution in [-0.2, 0) is 0 Å². The van der Waals surface area contributed by atoms with Crippen molar-refractivity contribution in [1.82, 2.24) is 9.55 Å². The smallest absolute Gasteiger partial charge is 0.163 e. The zero-order valence-corrected chi connectivity index (χ0v) is 9.35. The van der Waals surface area contributed by atoms with Crippen molar-refractivity contribution in [2.75, 3.05) is 13.2 Å². The summed E-state index contributed by atoms with van der Waals surface area (Å²) in [6.07, 6.45) is 5.04. The number of azide groups is 1. The minimum Gasteiger partial charge on any atom is -0.486 e. The molecular formula is C11H9N5O2. The Morgan fingerprint density at radius 3 is 2.72 bits per heavy atom. The maximum Gasteiger partial charge on any atom is 0.163 e. The Kier molecular flexibility index (Phi) is 2.51. The van der Waals surface area contributed by atoms with Gasteiger partial charge in [0.1, 0.15) is 13.2 Å². The van der Waals surface area contributed by atoms with Gasteiger partial charge in [0.15, 0.2) is 11.5 Å². The van der Waals surface area contributed by atoms with Gasteiger partial charge < -0.3 is 14.0 Å². The summed E-state index contributed by atoms with van der Waals surface area (Å²) in [5.41, 5.74) is 9.78. The lowest BCUT2D eigenvalue weighted by Gasteiger charge is -2.20. The van der Waals surface area contributed by atoms with Crippen molar-refractivity contribution in [3.8, 4) is 17.2 Å². The van der Waals surface area contributed by atoms with E-state index in [1.165, 1.54) is 0 Å². The molecule has 0 atom stereocenters. The fraction of sp³-hybridized carbons (Fsp3) is 0.182. The Balaban J connectivity index is 2.19. The van der Waals surface area contributed by atoms with Crippen LogP contribution in [0.4, 0.5) is 5.69 Å². The van der Waals surface area contributed by atoms with Gasteiger partial charge in [-0.25, -0.2) is 4.98 Å². The molecule has 0 radical (unpaired) electrons. The molecule has 0 saturated heterocycles. The molecule has 7 heteroatoms. The highest BCUT2D eigenvalue weighted by Gasteiger charge is 2.16. The van der Waals surface area contributed by atoms with Gasteiger partial charge in [-0.2, -0.15) is 0 Å². The van der Waals surface area contributed by atoms with Crippen molar-refractivity contribution < 1.29 is 9.47 Å². The predicted molar refractivity (Wildman–Crippen MR) is 63.4 cm³/mol. The van der Waals surface area contributed by atoms with Crippen LogP contribution in [0.2, 0.25) is 0 Å². The minimum absolute atomic E-state index is 0.472. The van der Waals surface area contributed by atoms with Crippen molar-refractivity contribution >= 4 is 5.69 Å². The van der Waals surface area contributed by atoms with E-state index in [4.69, 9.17) is 15.0 Å². The Hall–Kier alpha value is -2.66. The molecule has 2 aromatic rings. The second-order valence-corrected chi connectivity index (χ2v) is 3.64. The highest BCUT2D eigenvalue weighted by Crippen LogP contribution is 2.38. The van der Waals surface area contributed by atoms with Gasteiger partial charge in [-0.3, -0.25) is 0 Å². The quantitative estimate of drug-likeness (QED) is 0.461. The number of ether oxygens (including phenoxy) is 2. The van der Waals surface area contributed by atoms with E-state index in [-0.39, 0.29) is 0 Å². The Labute approximate surface area is 102 Å². The molecule has 1 aromatic heterocycles. The number of hydrogen-bond acceptors (Lipinski definition) is 4. The average molecular weight is 243 g/mol. The molecule has 0 N–H and O–H groups in total. The van der Waals surface area contributed by atoms with E-state index in [1.807, 2.05) is 0 Å². The zero-order valence-electron chi connectivity index (χ0n) is 9.35. The third-order valence-electron chi connectivity index (χ3n) is 2.57. The number of nitrogens with zero attached hydrogens (tertiary/aromatic N) is 5. The molecule has 0 spiro atoms. The fourth-order valence-electron chi connectivity index (χ4n) is 1.80. The summed E-state index contributed by atoms with van der Waals surface area (Å²) in [5.74, 6) is 1.23. The van der Waals surface area contributed by atoms with Crippen LogP contribution in [0.1, 0.15) is 0 Å². The summed E-state index contributed by atoms with van der Waals surface area (Å²) in [5, 5.41) is 3.67. The van der Waals surface area contributed by atoms with Crippen molar-refractivity contribution in [2.45, 2.75) is 0 Å². The third kappa shape index (κ3) is 1.72. The van der Waals surface area contributed by atoms with Gasteiger partial charge >= 0.3 is 0 Å². The lowest BCUT2D eigenvalue weighted by molar-refractivity contribution is 0.171. The lowest BCUT2D eigenvalue weighted by Crippen LogP contribution is -2.15. The first kappa shape index (κ1) is 10.5. The summed E-state index contributed by atoms with van der Waals surface area (Å²) in [7, 11) is 0. The second kappa shape index (κ2) is 4.31. The number of aromatic nitrogens is 2. The van der Waals surface area contributed by atoms with E-state index in [9.17, 15) is 0 Å². The Morgan fingerprint density at radius 2 is 2.06 bits per heavy atom. The van der Waals surface area contributed by atoms with Gasteiger partial charge in [-0.15, -0.1) is 0 Å². The van der Waals surface area contributed by atoms with Crippen molar-refractivity contribution in [3.05, 3.63) is 41.3 Å². The number of hydrogen-bond donors (Lipinski definition) is 0. The van der Waals surface area contributed by atoms with Crippen LogP contribution in [-0.4, -0.2) is 22.8 Å². The number of rotatable bonds is 2. The van der Waals surface area contributed by atoms with E-state index >= 15 is 0 Å². The van der Waals surface area contributed by atoms with Gasteiger partial charge in [0.2, 0.25) is 0 Å². The van der Waals surface area contributed by atoms with Crippen LogP contribution in [0, 0.1) is 0 Å². The molecule has 1 aliphatic rings. The fourth-order valence-corrected chi connectivity index (χ4v) is 1.80. The molecule has 1 aliphatic heterocycles. The van der Waals surface area contributed by atoms with Crippen molar-refractivity contribution in [2.24, 2.45) is 5.11 Å². The molecular weight excluding hydrogens is 234 g/mol. The molecule has 0 unspecified atom stereocenters. The van der Waals surface area contributed by atoms with E-state index in [2.05, 4.69) is 15.0 Å². The largest absolute Gasteiger partial charge is 0.486 e. The van der Waals surface area contributed by atoms with Gasteiger partial charge in [0, 0.05) is 23.4 Å². The third-order valence-corrected chi connectivity index (χ3v) is 2.57. The van der Waals surface area contributed by atoms with Crippen LogP contribution >= 0.6 is 0 Å². The molecule has 18 heavy (non-hydrogen) atoms. The predicted octanol–water partition coefficient (Wildman–Crippen LogP) is 2.59. The highest BCUT2D eigenvalue weighted by atomic mass is 16.6. The van der Waals surface area contributed by atoms with Gasteiger partial charge in [-0.1, -0.05) is 5.11 Å². The first-order valence-electron chi connectivity index (χ1n) is 5.35. The second-order valence-electron chi connectivity index (χ2n) is 3.64. The molecule has 1 aromatic carbocycles. The van der Waals surface area contributed by atoms with Crippen molar-refractivity contribution in [3.63, 3.8) is 0 Å². The molecule has 90 valence electrons. The molecule has 3 rings (SSSR count). The zero-order chi connectivity index (χ0) is 12.4. The van der Waals surface area contributed by atoms with Crippen LogP contribution in [0.25, 0.3) is 16.1 Å². The first-order valence-corrected chi connectivity index (χ1v) is 5.35. The number of imidazole rings is 1. The van der Waals surface area contributed by atoms with Crippen molar-refractivity contribution in [1.29, 1.82) is 0 Å². The molecule has 2 heterocycles. The summed E-state index contributed by atoms with van der Waals surface area (Å²) in [6, 6.07) is 3.45. The lowest BCUT2D eigenvalue weighted by atomic mass is 10.2. The maximum absolute atomic E-state index is 8.61. The topological polar surface area (TPSA) is 85.0 Å². The van der Waals surface area contributed by atoms with Gasteiger partial charge in [0.25, 0.3) is 0 Å². The maximum atomic E-state index is 8.61. The molecule has 0 aliphatic carbocycles. The monoisotopic (exact) mass is 243 g/mol. The van der Waals surface area contributed by atoms with Crippen LogP contribution in [0.3, 0.4) is 0 Å². The SMILES string of the molecule is [N-]=[N+]=Nc1cc2c(cc1-n1ccnc1)OCCO2. The summed E-state index contributed by atoms with van der Waals surface area (Å²) in [6.45, 7) is 1.00. The van der Waals surface area contributed by atoms with Gasteiger partial charge in [0.05, 0.1) is 17.7 Å². The Bertz CT molecular complexity index is 617. The van der Waals surface area contributed by atoms with E-state index in [1.54, 1.807) is 35.4 Å². The van der Waals surface area contributed by atoms with Gasteiger partial charge in [-0.05, 0) is 11.6 Å². The number of fused-ring (bicyclic) bond motifs is 1. The van der Waals surface area contributed by atoms with Crippen LogP contribution in [0.5, 0.6) is 11.5 Å². The molecule has 0 fully saturated rings. The van der Waals surface area contributed by atoms with E-state index < -0.39 is 0 Å². The summed E-state index contributed by atoms with van der Waals surface area (Å²) >= 11 is 0. The van der Waals surface area contributed by atoms with E-state index in [0.717, 1.165) is 0 Å². The molecule has 0 bridgehead atoms.